The van der Waals surface area contributed by atoms with Crippen molar-refractivity contribution in [2.24, 2.45) is 0 Å². The monoisotopic (exact) mass is 351 g/mol. The van der Waals surface area contributed by atoms with Crippen molar-refractivity contribution in [2.45, 2.75) is 17.9 Å². The van der Waals surface area contributed by atoms with E-state index in [9.17, 15) is 8.42 Å². The molecule has 0 radical (unpaired) electrons. The molecule has 0 N–H and O–H groups in total. The quantitative estimate of drug-likeness (QED) is 0.669. The van der Waals surface area contributed by atoms with E-state index in [-0.39, 0.29) is 36.0 Å². The standard InChI is InChI=1S/C13H13N5O5S/c1-8-14-15-13(22-8)10-7-18(5-6-21-10)24(19,20)11-4-2-3-9-12(11)17-23-16-9/h2-4,10H,5-7H2,1H3. The van der Waals surface area contributed by atoms with E-state index in [1.807, 2.05) is 0 Å². The van der Waals surface area contributed by atoms with Gasteiger partial charge in [-0.3, -0.25) is 0 Å². The summed E-state index contributed by atoms with van der Waals surface area (Å²) in [5.41, 5.74) is 0.586. The second-order valence-corrected chi connectivity index (χ2v) is 7.18. The van der Waals surface area contributed by atoms with Crippen LogP contribution in [0.25, 0.3) is 11.0 Å². The molecule has 1 atom stereocenters. The zero-order valence-corrected chi connectivity index (χ0v) is 13.4. The first-order valence-corrected chi connectivity index (χ1v) is 8.63. The van der Waals surface area contributed by atoms with Crippen LogP contribution in [-0.4, -0.2) is 52.9 Å². The van der Waals surface area contributed by atoms with Gasteiger partial charge in [-0.25, -0.2) is 13.0 Å². The molecule has 0 bridgehead atoms. The molecule has 3 aromatic rings. The van der Waals surface area contributed by atoms with Crippen molar-refractivity contribution in [3.63, 3.8) is 0 Å². The number of ether oxygens (including phenoxy) is 1. The van der Waals surface area contributed by atoms with Crippen LogP contribution in [0.5, 0.6) is 0 Å². The van der Waals surface area contributed by atoms with Crippen molar-refractivity contribution in [3.05, 3.63) is 30.0 Å². The SMILES string of the molecule is Cc1nnc(C2CN(S(=O)(=O)c3cccc4nonc34)CCO2)o1. The molecular formula is C13H13N5O5S. The topological polar surface area (TPSA) is 124 Å². The van der Waals surface area contributed by atoms with Crippen molar-refractivity contribution >= 4 is 21.1 Å². The highest BCUT2D eigenvalue weighted by Gasteiger charge is 2.35. The number of aromatic nitrogens is 4. The summed E-state index contributed by atoms with van der Waals surface area (Å²) in [6, 6.07) is 4.70. The molecule has 1 unspecified atom stereocenters. The molecule has 4 rings (SSSR count). The molecule has 3 heterocycles. The first-order valence-electron chi connectivity index (χ1n) is 7.19. The lowest BCUT2D eigenvalue weighted by molar-refractivity contribution is -0.0176. The number of morpholine rings is 1. The van der Waals surface area contributed by atoms with Gasteiger partial charge in [-0.05, 0) is 22.4 Å². The Balaban J connectivity index is 1.68. The highest BCUT2D eigenvalue weighted by Crippen LogP contribution is 2.28. The normalized spacial score (nSPS) is 19.8. The van der Waals surface area contributed by atoms with E-state index in [4.69, 9.17) is 9.15 Å². The summed E-state index contributed by atoms with van der Waals surface area (Å²) in [6.07, 6.45) is -0.607. The van der Waals surface area contributed by atoms with Crippen molar-refractivity contribution < 1.29 is 22.2 Å². The molecule has 2 aromatic heterocycles. The third-order valence-corrected chi connectivity index (χ3v) is 5.61. The van der Waals surface area contributed by atoms with Gasteiger partial charge < -0.3 is 9.15 Å². The fourth-order valence-electron chi connectivity index (χ4n) is 2.56. The van der Waals surface area contributed by atoms with E-state index in [0.29, 0.717) is 11.4 Å². The number of nitrogens with zero attached hydrogens (tertiary/aromatic N) is 5. The van der Waals surface area contributed by atoms with Crippen LogP contribution in [-0.2, 0) is 14.8 Å². The Morgan fingerprint density at radius 3 is 2.92 bits per heavy atom. The summed E-state index contributed by atoms with van der Waals surface area (Å²) in [6.45, 7) is 2.17. The van der Waals surface area contributed by atoms with Gasteiger partial charge in [0, 0.05) is 20.0 Å². The molecule has 1 aromatic carbocycles. The van der Waals surface area contributed by atoms with Gasteiger partial charge in [0.15, 0.2) is 5.52 Å². The first-order chi connectivity index (χ1) is 11.6. The predicted molar refractivity (Wildman–Crippen MR) is 78.3 cm³/mol. The van der Waals surface area contributed by atoms with E-state index in [1.165, 1.54) is 10.4 Å². The number of benzene rings is 1. The maximum absolute atomic E-state index is 13.0. The largest absolute Gasteiger partial charge is 0.423 e. The van der Waals surface area contributed by atoms with E-state index in [1.54, 1.807) is 19.1 Å². The highest BCUT2D eigenvalue weighted by atomic mass is 32.2. The van der Waals surface area contributed by atoms with Gasteiger partial charge in [-0.1, -0.05) is 6.07 Å². The van der Waals surface area contributed by atoms with Crippen LogP contribution < -0.4 is 0 Å². The van der Waals surface area contributed by atoms with Crippen molar-refractivity contribution in [3.8, 4) is 0 Å². The number of fused-ring (bicyclic) bond motifs is 1. The van der Waals surface area contributed by atoms with Crippen LogP contribution in [0.4, 0.5) is 0 Å². The molecular weight excluding hydrogens is 338 g/mol. The minimum atomic E-state index is -3.79. The molecule has 1 saturated heterocycles. The Bertz CT molecular complexity index is 981. The van der Waals surface area contributed by atoms with Gasteiger partial charge in [-0.15, -0.1) is 10.2 Å². The molecule has 0 saturated carbocycles. The number of rotatable bonds is 3. The van der Waals surface area contributed by atoms with E-state index < -0.39 is 16.1 Å². The Morgan fingerprint density at radius 1 is 1.25 bits per heavy atom. The van der Waals surface area contributed by atoms with Crippen LogP contribution in [0.15, 0.2) is 32.1 Å². The summed E-state index contributed by atoms with van der Waals surface area (Å²) in [7, 11) is -3.79. The first kappa shape index (κ1) is 15.2. The van der Waals surface area contributed by atoms with Crippen molar-refractivity contribution in [1.29, 1.82) is 0 Å². The molecule has 126 valence electrons. The molecule has 0 amide bonds. The zero-order chi connectivity index (χ0) is 16.7. The average molecular weight is 351 g/mol. The van der Waals surface area contributed by atoms with Crippen LogP contribution in [0, 0.1) is 6.92 Å². The summed E-state index contributed by atoms with van der Waals surface area (Å²) in [4.78, 5) is 0.0450. The second-order valence-electron chi connectivity index (χ2n) is 5.27. The molecule has 10 nitrogen and oxygen atoms in total. The molecule has 1 aliphatic heterocycles. The Labute approximate surface area is 136 Å². The average Bonchev–Trinajstić information content (AvgIpc) is 3.23. The molecule has 11 heteroatoms. The summed E-state index contributed by atoms with van der Waals surface area (Å²) in [5.74, 6) is 0.653. The fraction of sp³-hybridized carbons (Fsp3) is 0.385. The molecule has 1 fully saturated rings. The highest BCUT2D eigenvalue weighted by molar-refractivity contribution is 7.89. The lowest BCUT2D eigenvalue weighted by Crippen LogP contribution is -2.42. The number of hydrogen-bond donors (Lipinski definition) is 0. The van der Waals surface area contributed by atoms with Crippen molar-refractivity contribution in [1.82, 2.24) is 24.8 Å². The summed E-state index contributed by atoms with van der Waals surface area (Å²) < 4.78 is 42.8. The Kier molecular flexibility index (Phi) is 3.55. The van der Waals surface area contributed by atoms with Gasteiger partial charge in [0.1, 0.15) is 16.5 Å². The smallest absolute Gasteiger partial charge is 0.246 e. The second kappa shape index (κ2) is 5.61. The minimum absolute atomic E-state index is 0.0450. The molecule has 0 spiro atoms. The van der Waals surface area contributed by atoms with Crippen LogP contribution >= 0.6 is 0 Å². The third-order valence-electron chi connectivity index (χ3n) is 3.71. The molecule has 0 aliphatic carbocycles. The van der Waals surface area contributed by atoms with Crippen LogP contribution in [0.3, 0.4) is 0 Å². The number of hydrogen-bond acceptors (Lipinski definition) is 9. The lowest BCUT2D eigenvalue weighted by Gasteiger charge is -2.30. The summed E-state index contributed by atoms with van der Waals surface area (Å²) in [5, 5.41) is 15.0. The van der Waals surface area contributed by atoms with Crippen molar-refractivity contribution in [2.75, 3.05) is 19.7 Å². The maximum atomic E-state index is 13.0. The predicted octanol–water partition coefficient (Wildman–Crippen LogP) is 0.676. The van der Waals surface area contributed by atoms with Crippen LogP contribution in [0.2, 0.25) is 0 Å². The van der Waals surface area contributed by atoms with E-state index in [2.05, 4.69) is 25.1 Å². The fourth-order valence-corrected chi connectivity index (χ4v) is 4.13. The Hall–Kier alpha value is -2.37. The summed E-state index contributed by atoms with van der Waals surface area (Å²) >= 11 is 0. The lowest BCUT2D eigenvalue weighted by atomic mass is 10.3. The van der Waals surface area contributed by atoms with Gasteiger partial charge in [0.2, 0.25) is 21.8 Å². The van der Waals surface area contributed by atoms with Gasteiger partial charge >= 0.3 is 0 Å². The Morgan fingerprint density at radius 2 is 2.12 bits per heavy atom. The minimum Gasteiger partial charge on any atom is -0.423 e. The maximum Gasteiger partial charge on any atom is 0.246 e. The van der Waals surface area contributed by atoms with Crippen LogP contribution in [0.1, 0.15) is 17.9 Å². The number of aryl methyl sites for hydroxylation is 1. The zero-order valence-electron chi connectivity index (χ0n) is 12.6. The molecule has 24 heavy (non-hydrogen) atoms. The third kappa shape index (κ3) is 2.46. The van der Waals surface area contributed by atoms with E-state index >= 15 is 0 Å². The number of sulfonamides is 1. The van der Waals surface area contributed by atoms with Gasteiger partial charge in [0.05, 0.1) is 6.61 Å². The van der Waals surface area contributed by atoms with Gasteiger partial charge in [-0.2, -0.15) is 4.31 Å². The van der Waals surface area contributed by atoms with E-state index in [0.717, 1.165) is 0 Å². The van der Waals surface area contributed by atoms with Gasteiger partial charge in [0.25, 0.3) is 0 Å². The molecule has 1 aliphatic rings.